The minimum atomic E-state index is -1.37. The number of esters is 2. The van der Waals surface area contributed by atoms with Gasteiger partial charge in [0.2, 0.25) is 5.91 Å². The van der Waals surface area contributed by atoms with Gasteiger partial charge < -0.3 is 49.1 Å². The zero-order valence-corrected chi connectivity index (χ0v) is 40.0. The molecular formula is C47H77N3O14. The van der Waals surface area contributed by atoms with E-state index in [0.29, 0.717) is 51.6 Å². The zero-order chi connectivity index (χ0) is 48.1. The van der Waals surface area contributed by atoms with Crippen molar-refractivity contribution in [3.05, 3.63) is 35.9 Å². The molecule has 0 aromatic heterocycles. The van der Waals surface area contributed by atoms with E-state index in [4.69, 9.17) is 33.2 Å². The van der Waals surface area contributed by atoms with Gasteiger partial charge in [-0.1, -0.05) is 36.8 Å². The third-order valence-electron chi connectivity index (χ3n) is 8.60. The molecule has 1 aromatic carbocycles. The van der Waals surface area contributed by atoms with Gasteiger partial charge in [-0.05, 0) is 93.6 Å². The molecule has 1 atom stereocenters. The van der Waals surface area contributed by atoms with E-state index >= 15 is 0 Å². The number of alkyl carbamates (subject to hydrolysis) is 2. The molecule has 0 saturated heterocycles. The van der Waals surface area contributed by atoms with Crippen molar-refractivity contribution in [1.29, 1.82) is 0 Å². The molecule has 0 aliphatic rings. The van der Waals surface area contributed by atoms with E-state index in [1.54, 1.807) is 53.7 Å². The fourth-order valence-corrected chi connectivity index (χ4v) is 5.69. The molecule has 0 fully saturated rings. The van der Waals surface area contributed by atoms with E-state index in [0.717, 1.165) is 5.56 Å². The zero-order valence-electron chi connectivity index (χ0n) is 40.0. The molecule has 364 valence electrons. The number of carbonyl (C=O) groups is 7. The molecule has 0 spiro atoms. The number of hydrogen-bond acceptors (Lipinski definition) is 14. The van der Waals surface area contributed by atoms with Crippen LogP contribution in [0.15, 0.2) is 30.3 Å². The molecular weight excluding hydrogens is 831 g/mol. The Bertz CT molecular complexity index is 1510. The highest BCUT2D eigenvalue weighted by molar-refractivity contribution is 5.79. The normalized spacial score (nSPS) is 12.6. The molecule has 0 saturated carbocycles. The number of Topliss-reactive ketones (excluding diaryl/α,β-unsaturated/α-hetero) is 2. The Morgan fingerprint density at radius 2 is 0.953 bits per heavy atom. The van der Waals surface area contributed by atoms with Crippen molar-refractivity contribution >= 4 is 41.6 Å². The Morgan fingerprint density at radius 1 is 0.484 bits per heavy atom. The average molecular weight is 908 g/mol. The van der Waals surface area contributed by atoms with Crippen molar-refractivity contribution in [2.75, 3.05) is 52.7 Å². The highest BCUT2D eigenvalue weighted by Crippen LogP contribution is 2.15. The van der Waals surface area contributed by atoms with E-state index in [9.17, 15) is 33.6 Å². The summed E-state index contributed by atoms with van der Waals surface area (Å²) >= 11 is 0. The van der Waals surface area contributed by atoms with Crippen LogP contribution >= 0.6 is 0 Å². The summed E-state index contributed by atoms with van der Waals surface area (Å²) in [5, 5.41) is 8.25. The second kappa shape index (κ2) is 30.5. The smallest absolute Gasteiger partial charge is 0.408 e. The van der Waals surface area contributed by atoms with Gasteiger partial charge in [0.25, 0.3) is 0 Å². The Kier molecular flexibility index (Phi) is 27.4. The molecule has 0 radical (unpaired) electrons. The van der Waals surface area contributed by atoms with Crippen LogP contribution < -0.4 is 16.0 Å². The summed E-state index contributed by atoms with van der Waals surface area (Å²) < 4.78 is 39.3. The lowest BCUT2D eigenvalue weighted by Gasteiger charge is -2.33. The summed E-state index contributed by atoms with van der Waals surface area (Å²) in [7, 11) is 0. The SMILES string of the molecule is CC(C)(C)OC(=O)CCCCCC(=O)CCOCC(COCCC(=O)CCCC(=O)OC(C)(C)C)(COCCC(=O)NCCCNC(=O)OC(C)(C)C)NC(=O)OCc1ccccc1. The lowest BCUT2D eigenvalue weighted by molar-refractivity contribution is -0.156. The van der Waals surface area contributed by atoms with Crippen LogP contribution in [0.3, 0.4) is 0 Å². The quantitative estimate of drug-likeness (QED) is 0.0383. The second-order valence-electron chi connectivity index (χ2n) is 18.7. The number of rotatable bonds is 32. The van der Waals surface area contributed by atoms with E-state index in [-0.39, 0.29) is 114 Å². The van der Waals surface area contributed by atoms with Crippen molar-refractivity contribution in [2.24, 2.45) is 0 Å². The number of amides is 3. The number of unbranched alkanes of at least 4 members (excludes halogenated alkanes) is 2. The Balaban J connectivity index is 2.91. The molecule has 1 rings (SSSR count). The van der Waals surface area contributed by atoms with Crippen LogP contribution in [-0.2, 0) is 63.7 Å². The monoisotopic (exact) mass is 908 g/mol. The van der Waals surface area contributed by atoms with Crippen LogP contribution in [0.5, 0.6) is 0 Å². The lowest BCUT2D eigenvalue weighted by Crippen LogP contribution is -2.58. The van der Waals surface area contributed by atoms with Gasteiger partial charge in [0.05, 0.1) is 39.6 Å². The molecule has 17 nitrogen and oxygen atoms in total. The van der Waals surface area contributed by atoms with E-state index in [1.807, 2.05) is 39.0 Å². The summed E-state index contributed by atoms with van der Waals surface area (Å²) in [6.45, 7) is 16.1. The van der Waals surface area contributed by atoms with Gasteiger partial charge in [-0.3, -0.25) is 24.0 Å². The van der Waals surface area contributed by atoms with Crippen LogP contribution in [0.25, 0.3) is 0 Å². The van der Waals surface area contributed by atoms with Crippen molar-refractivity contribution in [1.82, 2.24) is 16.0 Å². The van der Waals surface area contributed by atoms with Crippen molar-refractivity contribution < 1.29 is 66.7 Å². The highest BCUT2D eigenvalue weighted by atomic mass is 16.6. The lowest BCUT2D eigenvalue weighted by atomic mass is 10.0. The standard InChI is InChI=1S/C47H77N3O14/c1-44(2,3)62-40(54)22-15-11-14-20-37(51)24-29-58-33-47(50-43(57)61-32-36-18-12-10-13-19-36,34-59-30-25-38(52)21-16-23-41(55)63-45(4,5)6)35-60-31-26-39(53)48-27-17-28-49-42(56)64-46(7,8)9/h10,12-13,18-19H,11,14-17,20-35H2,1-9H3,(H,48,53)(H,49,56)(H,50,57). The first-order valence-corrected chi connectivity index (χ1v) is 22.4. The summed E-state index contributed by atoms with van der Waals surface area (Å²) in [4.78, 5) is 87.2. The van der Waals surface area contributed by atoms with Gasteiger partial charge in [0, 0.05) is 58.0 Å². The highest BCUT2D eigenvalue weighted by Gasteiger charge is 2.35. The summed E-state index contributed by atoms with van der Waals surface area (Å²) in [5.74, 6) is -1.09. The van der Waals surface area contributed by atoms with Crippen LogP contribution in [0.2, 0.25) is 0 Å². The number of ketones is 2. The van der Waals surface area contributed by atoms with Crippen molar-refractivity contribution in [3.63, 3.8) is 0 Å². The topological polar surface area (TPSA) is 220 Å². The minimum Gasteiger partial charge on any atom is -0.460 e. The van der Waals surface area contributed by atoms with Crippen LogP contribution in [-0.4, -0.2) is 117 Å². The van der Waals surface area contributed by atoms with Crippen molar-refractivity contribution in [3.8, 4) is 0 Å². The first kappa shape index (κ1) is 57.4. The van der Waals surface area contributed by atoms with Crippen molar-refractivity contribution in [2.45, 2.75) is 168 Å². The Hall–Kier alpha value is -4.61. The summed E-state index contributed by atoms with van der Waals surface area (Å²) in [5.41, 5.74) is -2.40. The van der Waals surface area contributed by atoms with Gasteiger partial charge in [-0.25, -0.2) is 9.59 Å². The maximum atomic E-state index is 13.3. The predicted octanol–water partition coefficient (Wildman–Crippen LogP) is 6.85. The van der Waals surface area contributed by atoms with Crippen LogP contribution in [0.1, 0.15) is 145 Å². The fraction of sp³-hybridized carbons (Fsp3) is 0.723. The summed E-state index contributed by atoms with van der Waals surface area (Å²) in [6.07, 6.45) is 2.37. The molecule has 0 aliphatic heterocycles. The molecule has 64 heavy (non-hydrogen) atoms. The largest absolute Gasteiger partial charge is 0.460 e. The van der Waals surface area contributed by atoms with E-state index < -0.39 is 34.5 Å². The molecule has 1 aromatic rings. The third kappa shape index (κ3) is 33.0. The fourth-order valence-electron chi connectivity index (χ4n) is 5.69. The number of nitrogens with one attached hydrogen (secondary N) is 3. The molecule has 1 unspecified atom stereocenters. The van der Waals surface area contributed by atoms with E-state index in [2.05, 4.69) is 16.0 Å². The molecule has 0 bridgehead atoms. The Morgan fingerprint density at radius 3 is 1.48 bits per heavy atom. The maximum Gasteiger partial charge on any atom is 0.408 e. The first-order chi connectivity index (χ1) is 30.0. The number of carbonyl (C=O) groups excluding carboxylic acids is 7. The minimum absolute atomic E-state index is 0.00856. The molecule has 17 heteroatoms. The van der Waals surface area contributed by atoms with Gasteiger partial charge in [-0.15, -0.1) is 0 Å². The molecule has 0 heterocycles. The second-order valence-corrected chi connectivity index (χ2v) is 18.7. The van der Waals surface area contributed by atoms with Gasteiger partial charge in [-0.2, -0.15) is 0 Å². The molecule has 3 N–H and O–H groups in total. The summed E-state index contributed by atoms with van der Waals surface area (Å²) in [6, 6.07) is 9.09. The third-order valence-corrected chi connectivity index (χ3v) is 8.60. The van der Waals surface area contributed by atoms with Gasteiger partial charge in [0.15, 0.2) is 0 Å². The van der Waals surface area contributed by atoms with Crippen LogP contribution in [0, 0.1) is 0 Å². The average Bonchev–Trinajstić information content (AvgIpc) is 3.17. The molecule has 0 aliphatic carbocycles. The first-order valence-electron chi connectivity index (χ1n) is 22.4. The number of benzene rings is 1. The number of ether oxygens (including phenoxy) is 7. The number of hydrogen-bond donors (Lipinski definition) is 3. The maximum absolute atomic E-state index is 13.3. The van der Waals surface area contributed by atoms with E-state index in [1.165, 1.54) is 0 Å². The van der Waals surface area contributed by atoms with Gasteiger partial charge >= 0.3 is 24.1 Å². The Labute approximate surface area is 380 Å². The molecule has 3 amide bonds. The van der Waals surface area contributed by atoms with Crippen LogP contribution in [0.4, 0.5) is 9.59 Å². The van der Waals surface area contributed by atoms with Gasteiger partial charge in [0.1, 0.15) is 40.5 Å². The predicted molar refractivity (Wildman–Crippen MR) is 239 cm³/mol.